The number of aliphatic hydroxyl groups is 1. The Morgan fingerprint density at radius 2 is 2.06 bits per heavy atom. The second kappa shape index (κ2) is 7.25. The number of alkyl halides is 2. The van der Waals surface area contributed by atoms with Crippen molar-refractivity contribution < 1.29 is 14.3 Å². The van der Waals surface area contributed by atoms with Crippen LogP contribution in [0.4, 0.5) is 4.39 Å². The molecular formula is C12H15ClFNO2. The molecule has 1 amide bonds. The Kier molecular flexibility index (Phi) is 5.94. The molecule has 94 valence electrons. The highest BCUT2D eigenvalue weighted by Gasteiger charge is 2.20. The van der Waals surface area contributed by atoms with Gasteiger partial charge >= 0.3 is 0 Å². The van der Waals surface area contributed by atoms with Crippen molar-refractivity contribution in [2.24, 2.45) is 0 Å². The van der Waals surface area contributed by atoms with Crippen LogP contribution in [0, 0.1) is 0 Å². The predicted molar refractivity (Wildman–Crippen MR) is 64.8 cm³/mol. The van der Waals surface area contributed by atoms with Crippen LogP contribution in [0.5, 0.6) is 0 Å². The summed E-state index contributed by atoms with van der Waals surface area (Å²) >= 11 is 5.42. The van der Waals surface area contributed by atoms with E-state index < -0.39 is 18.3 Å². The van der Waals surface area contributed by atoms with Crippen LogP contribution in [0.25, 0.3) is 0 Å². The molecule has 17 heavy (non-hydrogen) atoms. The molecule has 0 unspecified atom stereocenters. The molecule has 1 aromatic rings. The third-order valence-corrected chi connectivity index (χ3v) is 2.54. The lowest BCUT2D eigenvalue weighted by Gasteiger charge is -2.16. The first kappa shape index (κ1) is 13.9. The van der Waals surface area contributed by atoms with Gasteiger partial charge in [-0.3, -0.25) is 4.79 Å². The molecular weight excluding hydrogens is 245 g/mol. The zero-order valence-electron chi connectivity index (χ0n) is 9.27. The minimum atomic E-state index is -1.50. The second-order valence-electron chi connectivity index (χ2n) is 3.63. The number of rotatable bonds is 6. The van der Waals surface area contributed by atoms with Crippen LogP contribution in [-0.2, 0) is 0 Å². The maximum absolute atomic E-state index is 13.3. The fraction of sp³-hybridized carbons (Fsp3) is 0.417. The fourth-order valence-electron chi connectivity index (χ4n) is 1.33. The Labute approximate surface area is 105 Å². The van der Waals surface area contributed by atoms with E-state index in [-0.39, 0.29) is 6.42 Å². The number of halogens is 2. The maximum atomic E-state index is 13.3. The van der Waals surface area contributed by atoms with Crippen LogP contribution >= 0.6 is 11.6 Å². The maximum Gasteiger partial charge on any atom is 0.253 e. The van der Waals surface area contributed by atoms with Crippen molar-refractivity contribution in [1.29, 1.82) is 0 Å². The molecule has 0 saturated heterocycles. The highest BCUT2D eigenvalue weighted by atomic mass is 35.5. The zero-order chi connectivity index (χ0) is 12.7. The van der Waals surface area contributed by atoms with E-state index in [1.54, 1.807) is 30.3 Å². The van der Waals surface area contributed by atoms with Crippen molar-refractivity contribution in [2.75, 3.05) is 5.88 Å². The molecule has 0 spiro atoms. The number of nitrogens with one attached hydrogen (secondary N) is 1. The van der Waals surface area contributed by atoms with E-state index in [1.807, 2.05) is 0 Å². The number of carbonyl (C=O) groups is 1. The SMILES string of the molecule is O=C(N[C@H](O)[C@@H](F)CCCCl)c1ccccc1. The average Bonchev–Trinajstić information content (AvgIpc) is 2.36. The zero-order valence-corrected chi connectivity index (χ0v) is 10.0. The summed E-state index contributed by atoms with van der Waals surface area (Å²) in [4.78, 5) is 11.6. The Balaban J connectivity index is 2.46. The molecule has 0 saturated carbocycles. The van der Waals surface area contributed by atoms with Crippen LogP contribution in [0.2, 0.25) is 0 Å². The standard InChI is InChI=1S/C12H15ClFNO2/c13-8-4-7-10(14)12(17)15-11(16)9-5-2-1-3-6-9/h1-3,5-6,10,12,17H,4,7-8H2,(H,15,16)/t10-,12+/m0/s1. The summed E-state index contributed by atoms with van der Waals surface area (Å²) < 4.78 is 13.3. The van der Waals surface area contributed by atoms with E-state index in [4.69, 9.17) is 11.6 Å². The van der Waals surface area contributed by atoms with E-state index in [9.17, 15) is 14.3 Å². The van der Waals surface area contributed by atoms with Crippen LogP contribution in [0.3, 0.4) is 0 Å². The van der Waals surface area contributed by atoms with Crippen molar-refractivity contribution in [1.82, 2.24) is 5.32 Å². The van der Waals surface area contributed by atoms with Gasteiger partial charge in [-0.1, -0.05) is 18.2 Å². The molecule has 0 aromatic heterocycles. The molecule has 0 aliphatic heterocycles. The minimum absolute atomic E-state index is 0.125. The van der Waals surface area contributed by atoms with Gasteiger partial charge in [-0.15, -0.1) is 11.6 Å². The lowest BCUT2D eigenvalue weighted by molar-refractivity contribution is 0.0394. The van der Waals surface area contributed by atoms with Gasteiger partial charge < -0.3 is 10.4 Å². The number of benzene rings is 1. The lowest BCUT2D eigenvalue weighted by Crippen LogP contribution is -2.41. The van der Waals surface area contributed by atoms with E-state index in [2.05, 4.69) is 5.32 Å². The normalized spacial score (nSPS) is 14.1. The molecule has 1 rings (SSSR count). The van der Waals surface area contributed by atoms with Gasteiger partial charge in [0, 0.05) is 11.4 Å². The molecule has 0 aliphatic rings. The van der Waals surface area contributed by atoms with E-state index in [0.29, 0.717) is 17.9 Å². The Hall–Kier alpha value is -1.13. The van der Waals surface area contributed by atoms with Gasteiger partial charge in [0.25, 0.3) is 5.91 Å². The molecule has 3 nitrogen and oxygen atoms in total. The fourth-order valence-corrected chi connectivity index (χ4v) is 1.48. The smallest absolute Gasteiger partial charge is 0.253 e. The number of hydrogen-bond acceptors (Lipinski definition) is 2. The molecule has 2 N–H and O–H groups in total. The number of hydrogen-bond donors (Lipinski definition) is 2. The van der Waals surface area contributed by atoms with Crippen molar-refractivity contribution in [3.05, 3.63) is 35.9 Å². The van der Waals surface area contributed by atoms with Gasteiger partial charge in [-0.2, -0.15) is 0 Å². The van der Waals surface area contributed by atoms with Gasteiger partial charge in [0.15, 0.2) is 6.23 Å². The largest absolute Gasteiger partial charge is 0.371 e. The molecule has 0 aliphatic carbocycles. The van der Waals surface area contributed by atoms with E-state index in [1.165, 1.54) is 0 Å². The van der Waals surface area contributed by atoms with Gasteiger partial charge in [-0.05, 0) is 25.0 Å². The Morgan fingerprint density at radius 3 is 2.65 bits per heavy atom. The summed E-state index contributed by atoms with van der Waals surface area (Å²) in [6.45, 7) is 0. The van der Waals surface area contributed by atoms with Gasteiger partial charge in [0.05, 0.1) is 0 Å². The summed E-state index contributed by atoms with van der Waals surface area (Å²) in [6.07, 6.45) is -2.41. The summed E-state index contributed by atoms with van der Waals surface area (Å²) in [6, 6.07) is 8.34. The third-order valence-electron chi connectivity index (χ3n) is 2.27. The molecule has 0 heterocycles. The molecule has 0 radical (unpaired) electrons. The van der Waals surface area contributed by atoms with Gasteiger partial charge in [-0.25, -0.2) is 4.39 Å². The lowest BCUT2D eigenvalue weighted by atomic mass is 10.2. The highest BCUT2D eigenvalue weighted by molar-refractivity contribution is 6.17. The first-order chi connectivity index (χ1) is 8.15. The topological polar surface area (TPSA) is 49.3 Å². The Morgan fingerprint density at radius 1 is 1.41 bits per heavy atom. The summed E-state index contributed by atoms with van der Waals surface area (Å²) in [5.41, 5.74) is 0.385. The van der Waals surface area contributed by atoms with Crippen LogP contribution in [-0.4, -0.2) is 29.3 Å². The monoisotopic (exact) mass is 259 g/mol. The molecule has 1 aromatic carbocycles. The van der Waals surface area contributed by atoms with Crippen LogP contribution < -0.4 is 5.32 Å². The molecule has 0 fully saturated rings. The number of aliphatic hydroxyl groups excluding tert-OH is 1. The van der Waals surface area contributed by atoms with Crippen molar-refractivity contribution >= 4 is 17.5 Å². The minimum Gasteiger partial charge on any atom is -0.371 e. The number of amides is 1. The van der Waals surface area contributed by atoms with E-state index >= 15 is 0 Å². The molecule has 5 heteroatoms. The predicted octanol–water partition coefficient (Wildman–Crippen LogP) is 2.09. The third kappa shape index (κ3) is 4.71. The summed E-state index contributed by atoms with van der Waals surface area (Å²) in [7, 11) is 0. The molecule has 2 atom stereocenters. The average molecular weight is 260 g/mol. The summed E-state index contributed by atoms with van der Waals surface area (Å²) in [5.74, 6) is -0.161. The second-order valence-corrected chi connectivity index (χ2v) is 4.01. The van der Waals surface area contributed by atoms with Gasteiger partial charge in [0.2, 0.25) is 0 Å². The molecule has 0 bridgehead atoms. The van der Waals surface area contributed by atoms with E-state index in [0.717, 1.165) is 0 Å². The Bertz CT molecular complexity index is 348. The first-order valence-corrected chi connectivity index (χ1v) is 5.92. The highest BCUT2D eigenvalue weighted by Crippen LogP contribution is 2.07. The van der Waals surface area contributed by atoms with Crippen molar-refractivity contribution in [3.63, 3.8) is 0 Å². The van der Waals surface area contributed by atoms with Crippen LogP contribution in [0.1, 0.15) is 23.2 Å². The van der Waals surface area contributed by atoms with Crippen LogP contribution in [0.15, 0.2) is 30.3 Å². The van der Waals surface area contributed by atoms with Gasteiger partial charge in [0.1, 0.15) is 6.17 Å². The first-order valence-electron chi connectivity index (χ1n) is 5.39. The quantitative estimate of drug-likeness (QED) is 0.607. The van der Waals surface area contributed by atoms with Crippen molar-refractivity contribution in [2.45, 2.75) is 25.2 Å². The number of carbonyl (C=O) groups excluding carboxylic acids is 1. The summed E-state index contributed by atoms with van der Waals surface area (Å²) in [5, 5.41) is 11.6. The van der Waals surface area contributed by atoms with Crippen molar-refractivity contribution in [3.8, 4) is 0 Å².